The first-order chi connectivity index (χ1) is 25.3. The van der Waals surface area contributed by atoms with Crippen molar-refractivity contribution in [3.63, 3.8) is 0 Å². The Balaban J connectivity index is 1.15. The molecular formula is C43H38O10. The first kappa shape index (κ1) is 37.6. The van der Waals surface area contributed by atoms with E-state index in [1.54, 1.807) is 86.7 Å². The van der Waals surface area contributed by atoms with Gasteiger partial charge in [0.25, 0.3) is 0 Å². The molecule has 0 bridgehead atoms. The first-order valence-electron chi connectivity index (χ1n) is 16.5. The summed E-state index contributed by atoms with van der Waals surface area (Å²) < 4.78 is 31.9. The van der Waals surface area contributed by atoms with E-state index < -0.39 is 29.3 Å². The second-order valence-corrected chi connectivity index (χ2v) is 12.6. The van der Waals surface area contributed by atoms with Crippen LogP contribution in [0.2, 0.25) is 0 Å². The molecular weight excluding hydrogens is 676 g/mol. The fourth-order valence-corrected chi connectivity index (χ4v) is 5.35. The molecule has 0 heterocycles. The predicted molar refractivity (Wildman–Crippen MR) is 199 cm³/mol. The van der Waals surface area contributed by atoms with Crippen LogP contribution in [-0.2, 0) is 34.1 Å². The zero-order valence-electron chi connectivity index (χ0n) is 29.8. The third kappa shape index (κ3) is 9.77. The van der Waals surface area contributed by atoms with E-state index in [4.69, 9.17) is 28.4 Å². The van der Waals surface area contributed by atoms with Gasteiger partial charge >= 0.3 is 23.9 Å². The highest BCUT2D eigenvalue weighted by Gasteiger charge is 2.36. The molecule has 0 fully saturated rings. The molecule has 270 valence electrons. The van der Waals surface area contributed by atoms with Crippen LogP contribution in [0.25, 0.3) is 23.3 Å². The number of rotatable bonds is 14. The average molecular weight is 715 g/mol. The summed E-state index contributed by atoms with van der Waals surface area (Å²) in [7, 11) is 0. The molecule has 4 aromatic carbocycles. The lowest BCUT2D eigenvalue weighted by Gasteiger charge is -2.22. The molecule has 4 aromatic rings. The third-order valence-corrected chi connectivity index (χ3v) is 8.17. The molecule has 0 atom stereocenters. The lowest BCUT2D eigenvalue weighted by molar-refractivity contribution is -0.146. The van der Waals surface area contributed by atoms with Crippen LogP contribution in [0.3, 0.4) is 0 Å². The highest BCUT2D eigenvalue weighted by atomic mass is 16.7. The quantitative estimate of drug-likeness (QED) is 0.0547. The molecule has 53 heavy (non-hydrogen) atoms. The van der Waals surface area contributed by atoms with Crippen molar-refractivity contribution in [2.24, 2.45) is 0 Å². The highest BCUT2D eigenvalue weighted by Crippen LogP contribution is 2.50. The van der Waals surface area contributed by atoms with E-state index in [1.165, 1.54) is 12.2 Å². The van der Waals surface area contributed by atoms with Crippen LogP contribution in [0, 0.1) is 0 Å². The zero-order valence-corrected chi connectivity index (χ0v) is 29.8. The van der Waals surface area contributed by atoms with Gasteiger partial charge in [0.15, 0.2) is 0 Å². The fourth-order valence-electron chi connectivity index (χ4n) is 5.35. The Morgan fingerprint density at radius 2 is 0.925 bits per heavy atom. The van der Waals surface area contributed by atoms with E-state index in [2.05, 4.69) is 27.0 Å². The molecule has 1 aliphatic rings. The fraction of sp³-hybridized carbons (Fsp3) is 0.163. The van der Waals surface area contributed by atoms with Gasteiger partial charge in [0.05, 0.1) is 0 Å². The molecule has 0 amide bonds. The number of benzene rings is 4. The van der Waals surface area contributed by atoms with Crippen LogP contribution in [0.15, 0.2) is 121 Å². The van der Waals surface area contributed by atoms with E-state index in [0.717, 1.165) is 33.4 Å². The minimum absolute atomic E-state index is 0.238. The standard InChI is InChI=1S/C43H38O10/c1-27(2)41(46)50-25-48-31-13-7-29(8-14-31)11-21-39(44)52-33-17-19-35-36-20-18-34(24-38(36)43(5,6)37(35)23-33)53-40(45)22-12-30-9-15-32(16-10-30)49-26-51-42(47)28(3)4/h7-24H,1,3,25-26H2,2,4-6H3. The molecule has 0 saturated heterocycles. The minimum atomic E-state index is -0.543. The Labute approximate surface area is 307 Å². The van der Waals surface area contributed by atoms with Gasteiger partial charge in [0.2, 0.25) is 13.6 Å². The summed E-state index contributed by atoms with van der Waals surface area (Å²) in [5.74, 6) is -0.365. The number of carbonyl (C=O) groups excluding carboxylic acids is 4. The van der Waals surface area contributed by atoms with E-state index in [9.17, 15) is 19.2 Å². The van der Waals surface area contributed by atoms with Crippen molar-refractivity contribution in [3.05, 3.63) is 144 Å². The summed E-state index contributed by atoms with van der Waals surface area (Å²) >= 11 is 0. The Kier molecular flexibility index (Phi) is 11.7. The third-order valence-electron chi connectivity index (χ3n) is 8.17. The SMILES string of the molecule is C=C(C)C(=O)OCOc1ccc(C=CC(=O)Oc2ccc3c(c2)C(C)(C)c2cc(OC(=O)C=Cc4ccc(OCOC(=O)C(=C)C)cc4)ccc2-3)cc1. The van der Waals surface area contributed by atoms with Crippen LogP contribution < -0.4 is 18.9 Å². The van der Waals surface area contributed by atoms with Gasteiger partial charge in [-0.3, -0.25) is 0 Å². The lowest BCUT2D eigenvalue weighted by Crippen LogP contribution is -2.16. The monoisotopic (exact) mass is 714 g/mol. The van der Waals surface area contributed by atoms with E-state index in [1.807, 2.05) is 24.3 Å². The number of esters is 4. The van der Waals surface area contributed by atoms with Crippen molar-refractivity contribution in [1.29, 1.82) is 0 Å². The molecule has 1 aliphatic carbocycles. The van der Waals surface area contributed by atoms with Gasteiger partial charge in [-0.15, -0.1) is 0 Å². The molecule has 0 aliphatic heterocycles. The van der Waals surface area contributed by atoms with Crippen molar-refractivity contribution in [2.45, 2.75) is 33.1 Å². The van der Waals surface area contributed by atoms with Gasteiger partial charge in [0, 0.05) is 28.7 Å². The normalized spacial score (nSPS) is 12.4. The van der Waals surface area contributed by atoms with Gasteiger partial charge in [-0.25, -0.2) is 19.2 Å². The van der Waals surface area contributed by atoms with Gasteiger partial charge in [-0.1, -0.05) is 63.4 Å². The summed E-state index contributed by atoms with van der Waals surface area (Å²) in [6.07, 6.45) is 5.92. The Hall–Kier alpha value is -6.68. The topological polar surface area (TPSA) is 124 Å². The summed E-state index contributed by atoms with van der Waals surface area (Å²) in [4.78, 5) is 48.3. The summed E-state index contributed by atoms with van der Waals surface area (Å²) in [5.41, 5.74) is 5.51. The van der Waals surface area contributed by atoms with Crippen LogP contribution in [-0.4, -0.2) is 37.5 Å². The van der Waals surface area contributed by atoms with Crippen molar-refractivity contribution in [1.82, 2.24) is 0 Å². The molecule has 0 saturated carbocycles. The van der Waals surface area contributed by atoms with E-state index in [0.29, 0.717) is 23.0 Å². The molecule has 0 unspecified atom stereocenters. The van der Waals surface area contributed by atoms with Crippen LogP contribution in [0.4, 0.5) is 0 Å². The zero-order chi connectivity index (χ0) is 38.1. The van der Waals surface area contributed by atoms with Crippen molar-refractivity contribution in [3.8, 4) is 34.1 Å². The second kappa shape index (κ2) is 16.6. The maximum Gasteiger partial charge on any atom is 0.336 e. The largest absolute Gasteiger partial charge is 0.457 e. The highest BCUT2D eigenvalue weighted by molar-refractivity contribution is 5.91. The summed E-state index contributed by atoms with van der Waals surface area (Å²) in [5, 5.41) is 0. The lowest BCUT2D eigenvalue weighted by atomic mass is 9.82. The van der Waals surface area contributed by atoms with Crippen LogP contribution in [0.5, 0.6) is 23.0 Å². The van der Waals surface area contributed by atoms with Crippen molar-refractivity contribution < 1.29 is 47.6 Å². The van der Waals surface area contributed by atoms with Crippen LogP contribution >= 0.6 is 0 Å². The summed E-state index contributed by atoms with van der Waals surface area (Å²) in [6, 6.07) is 24.8. The number of fused-ring (bicyclic) bond motifs is 3. The van der Waals surface area contributed by atoms with Gasteiger partial charge in [-0.2, -0.15) is 0 Å². The van der Waals surface area contributed by atoms with Crippen LogP contribution in [0.1, 0.15) is 49.9 Å². The molecule has 0 radical (unpaired) electrons. The van der Waals surface area contributed by atoms with Gasteiger partial charge < -0.3 is 28.4 Å². The number of ether oxygens (including phenoxy) is 6. The number of hydrogen-bond acceptors (Lipinski definition) is 10. The molecule has 0 aromatic heterocycles. The van der Waals surface area contributed by atoms with E-state index in [-0.39, 0.29) is 24.7 Å². The molecule has 0 N–H and O–H groups in total. The number of carbonyl (C=O) groups is 4. The molecule has 0 spiro atoms. The maximum absolute atomic E-state index is 12.7. The average Bonchev–Trinajstić information content (AvgIpc) is 3.35. The van der Waals surface area contributed by atoms with Gasteiger partial charge in [-0.05, 0) is 108 Å². The molecule has 10 heteroatoms. The second-order valence-electron chi connectivity index (χ2n) is 12.6. The van der Waals surface area contributed by atoms with Gasteiger partial charge in [0.1, 0.15) is 23.0 Å². The molecule has 5 rings (SSSR count). The number of hydrogen-bond donors (Lipinski definition) is 0. The Morgan fingerprint density at radius 1 is 0.566 bits per heavy atom. The summed E-state index contributed by atoms with van der Waals surface area (Å²) in [6.45, 7) is 13.8. The Morgan fingerprint density at radius 3 is 1.28 bits per heavy atom. The molecule has 10 nitrogen and oxygen atoms in total. The predicted octanol–water partition coefficient (Wildman–Crippen LogP) is 8.14. The maximum atomic E-state index is 12.7. The smallest absolute Gasteiger partial charge is 0.336 e. The Bertz CT molecular complexity index is 1970. The first-order valence-corrected chi connectivity index (χ1v) is 16.5. The minimum Gasteiger partial charge on any atom is -0.457 e. The van der Waals surface area contributed by atoms with Crippen molar-refractivity contribution in [2.75, 3.05) is 13.6 Å². The van der Waals surface area contributed by atoms with E-state index >= 15 is 0 Å². The van der Waals surface area contributed by atoms with Crippen molar-refractivity contribution >= 4 is 36.0 Å².